The summed E-state index contributed by atoms with van der Waals surface area (Å²) in [7, 11) is -3.94. The van der Waals surface area contributed by atoms with E-state index >= 15 is 0 Å². The predicted octanol–water partition coefficient (Wildman–Crippen LogP) is 2.61. The van der Waals surface area contributed by atoms with Gasteiger partial charge in [-0.25, -0.2) is 8.42 Å². The molecular formula is C17H20BrN3O4S. The van der Waals surface area contributed by atoms with Crippen molar-refractivity contribution in [1.82, 2.24) is 14.8 Å². The van der Waals surface area contributed by atoms with Crippen molar-refractivity contribution in [3.05, 3.63) is 46.3 Å². The molecule has 26 heavy (non-hydrogen) atoms. The molecule has 9 heteroatoms. The van der Waals surface area contributed by atoms with Crippen molar-refractivity contribution >= 4 is 31.9 Å². The normalized spacial score (nSPS) is 18.6. The number of carbonyl (C=O) groups is 1. The highest BCUT2D eigenvalue weighted by Gasteiger charge is 2.38. The summed E-state index contributed by atoms with van der Waals surface area (Å²) in [5.41, 5.74) is 0.794. The molecular weight excluding hydrogens is 422 g/mol. The van der Waals surface area contributed by atoms with Crippen LogP contribution in [-0.2, 0) is 21.4 Å². The predicted molar refractivity (Wildman–Crippen MR) is 98.8 cm³/mol. The lowest BCUT2D eigenvalue weighted by Crippen LogP contribution is -2.48. The summed E-state index contributed by atoms with van der Waals surface area (Å²) in [5, 5.41) is 6.39. The number of hydrogen-bond acceptors (Lipinski definition) is 5. The maximum atomic E-state index is 13.3. The largest absolute Gasteiger partial charge is 0.360 e. The van der Waals surface area contributed by atoms with E-state index in [0.717, 1.165) is 22.9 Å². The summed E-state index contributed by atoms with van der Waals surface area (Å²) in [6, 6.07) is 6.60. The van der Waals surface area contributed by atoms with Gasteiger partial charge in [-0.3, -0.25) is 4.79 Å². The molecule has 1 aliphatic rings. The monoisotopic (exact) mass is 441 g/mol. The average Bonchev–Trinajstić information content (AvgIpc) is 2.94. The van der Waals surface area contributed by atoms with Crippen LogP contribution < -0.4 is 5.32 Å². The van der Waals surface area contributed by atoms with Crippen LogP contribution in [0.25, 0.3) is 0 Å². The molecule has 1 atom stereocenters. The first-order chi connectivity index (χ1) is 12.4. The van der Waals surface area contributed by atoms with Crippen LogP contribution in [0.4, 0.5) is 0 Å². The molecule has 1 saturated heterocycles. The molecule has 2 heterocycles. The number of aromatic nitrogens is 1. The molecule has 0 unspecified atom stereocenters. The van der Waals surface area contributed by atoms with E-state index in [1.54, 1.807) is 6.92 Å². The summed E-state index contributed by atoms with van der Waals surface area (Å²) in [6.45, 7) is 2.21. The van der Waals surface area contributed by atoms with E-state index in [-0.39, 0.29) is 23.1 Å². The standard InChI is InChI=1S/C17H20BrN3O4S/c1-12-16(10-20-25-12)26(23,24)21(11-13-5-7-14(18)8-6-13)15-4-2-3-9-19-17(15)22/h5-8,10,15H,2-4,9,11H2,1H3,(H,19,22)/t15-/m1/s1. The average molecular weight is 442 g/mol. The van der Waals surface area contributed by atoms with Gasteiger partial charge in [-0.15, -0.1) is 0 Å². The molecule has 1 aromatic heterocycles. The smallest absolute Gasteiger partial charge is 0.249 e. The Bertz CT molecular complexity index is 880. The van der Waals surface area contributed by atoms with Gasteiger partial charge in [-0.2, -0.15) is 4.31 Å². The maximum absolute atomic E-state index is 13.3. The number of aryl methyl sites for hydroxylation is 1. The lowest BCUT2D eigenvalue weighted by molar-refractivity contribution is -0.124. The molecule has 7 nitrogen and oxygen atoms in total. The zero-order chi connectivity index (χ0) is 18.7. The topological polar surface area (TPSA) is 92.5 Å². The minimum Gasteiger partial charge on any atom is -0.360 e. The van der Waals surface area contributed by atoms with Crippen LogP contribution in [0.5, 0.6) is 0 Å². The van der Waals surface area contributed by atoms with Crippen LogP contribution in [0, 0.1) is 6.92 Å². The first kappa shape index (κ1) is 19.1. The van der Waals surface area contributed by atoms with Crippen LogP contribution in [0.15, 0.2) is 44.4 Å². The van der Waals surface area contributed by atoms with E-state index in [1.807, 2.05) is 24.3 Å². The Hall–Kier alpha value is -1.71. The van der Waals surface area contributed by atoms with Crippen molar-refractivity contribution in [1.29, 1.82) is 0 Å². The summed E-state index contributed by atoms with van der Waals surface area (Å²) in [5.74, 6) is -0.0582. The van der Waals surface area contributed by atoms with Crippen molar-refractivity contribution in [3.63, 3.8) is 0 Å². The highest BCUT2D eigenvalue weighted by Crippen LogP contribution is 2.27. The Morgan fingerprint density at radius 2 is 2.04 bits per heavy atom. The van der Waals surface area contributed by atoms with Crippen molar-refractivity contribution in [2.75, 3.05) is 6.54 Å². The summed E-state index contributed by atoms with van der Waals surface area (Å²) < 4.78 is 33.7. The lowest BCUT2D eigenvalue weighted by atomic mass is 10.1. The Balaban J connectivity index is 2.01. The summed E-state index contributed by atoms with van der Waals surface area (Å²) in [4.78, 5) is 12.5. The Morgan fingerprint density at radius 3 is 2.69 bits per heavy atom. The van der Waals surface area contributed by atoms with E-state index in [0.29, 0.717) is 13.0 Å². The molecule has 1 amide bonds. The molecule has 0 radical (unpaired) electrons. The fourth-order valence-electron chi connectivity index (χ4n) is 2.99. The van der Waals surface area contributed by atoms with Crippen LogP contribution in [0.1, 0.15) is 30.6 Å². The lowest BCUT2D eigenvalue weighted by Gasteiger charge is -2.28. The van der Waals surface area contributed by atoms with Gasteiger partial charge in [-0.05, 0) is 43.9 Å². The van der Waals surface area contributed by atoms with Crippen molar-refractivity contribution < 1.29 is 17.7 Å². The molecule has 1 aliphatic heterocycles. The number of nitrogens with one attached hydrogen (secondary N) is 1. The van der Waals surface area contributed by atoms with Crippen molar-refractivity contribution in [2.45, 2.75) is 43.7 Å². The first-order valence-corrected chi connectivity index (χ1v) is 10.6. The third-order valence-electron chi connectivity index (χ3n) is 4.40. The van der Waals surface area contributed by atoms with Gasteiger partial charge in [0.25, 0.3) is 0 Å². The number of amides is 1. The van der Waals surface area contributed by atoms with Gasteiger partial charge in [0.2, 0.25) is 15.9 Å². The molecule has 1 aromatic carbocycles. The highest BCUT2D eigenvalue weighted by atomic mass is 79.9. The van der Waals surface area contributed by atoms with E-state index < -0.39 is 16.1 Å². The van der Waals surface area contributed by atoms with E-state index in [4.69, 9.17) is 4.52 Å². The second-order valence-electron chi connectivity index (χ2n) is 6.23. The number of sulfonamides is 1. The second kappa shape index (κ2) is 7.89. The fourth-order valence-corrected chi connectivity index (χ4v) is 4.94. The number of rotatable bonds is 5. The minimum absolute atomic E-state index is 0.00772. The van der Waals surface area contributed by atoms with Crippen LogP contribution in [0.2, 0.25) is 0 Å². The molecule has 0 bridgehead atoms. The van der Waals surface area contributed by atoms with Gasteiger partial charge in [0.1, 0.15) is 10.9 Å². The SMILES string of the molecule is Cc1oncc1S(=O)(=O)N(Cc1ccc(Br)cc1)[C@@H]1CCCCNC1=O. The van der Waals surface area contributed by atoms with E-state index in [1.165, 1.54) is 10.5 Å². The molecule has 140 valence electrons. The Kier molecular flexibility index (Phi) is 5.79. The quantitative estimate of drug-likeness (QED) is 0.769. The summed E-state index contributed by atoms with van der Waals surface area (Å²) >= 11 is 3.37. The first-order valence-electron chi connectivity index (χ1n) is 8.35. The fraction of sp³-hybridized carbons (Fsp3) is 0.412. The Labute approximate surface area is 160 Å². The number of carbonyl (C=O) groups excluding carboxylic acids is 1. The van der Waals surface area contributed by atoms with Gasteiger partial charge in [0, 0.05) is 17.6 Å². The molecule has 0 spiro atoms. The minimum atomic E-state index is -3.94. The molecule has 2 aromatic rings. The van der Waals surface area contributed by atoms with Gasteiger partial charge in [-0.1, -0.05) is 33.2 Å². The molecule has 1 fully saturated rings. The maximum Gasteiger partial charge on any atom is 0.249 e. The number of hydrogen-bond donors (Lipinski definition) is 1. The number of nitrogens with zero attached hydrogens (tertiary/aromatic N) is 2. The number of halogens is 1. The third-order valence-corrected chi connectivity index (χ3v) is 6.88. The van der Waals surface area contributed by atoms with Gasteiger partial charge >= 0.3 is 0 Å². The zero-order valence-electron chi connectivity index (χ0n) is 14.3. The highest BCUT2D eigenvalue weighted by molar-refractivity contribution is 9.10. The zero-order valence-corrected chi connectivity index (χ0v) is 16.7. The third kappa shape index (κ3) is 3.99. The summed E-state index contributed by atoms with van der Waals surface area (Å²) in [6.07, 6.45) is 3.28. The van der Waals surface area contributed by atoms with Gasteiger partial charge < -0.3 is 9.84 Å². The molecule has 0 saturated carbocycles. The van der Waals surface area contributed by atoms with Gasteiger partial charge in [0.15, 0.2) is 5.76 Å². The van der Waals surface area contributed by atoms with Gasteiger partial charge in [0.05, 0.1) is 6.20 Å². The van der Waals surface area contributed by atoms with Crippen molar-refractivity contribution in [3.8, 4) is 0 Å². The molecule has 1 N–H and O–H groups in total. The second-order valence-corrected chi connectivity index (χ2v) is 9.00. The Morgan fingerprint density at radius 1 is 1.31 bits per heavy atom. The van der Waals surface area contributed by atoms with E-state index in [9.17, 15) is 13.2 Å². The van der Waals surface area contributed by atoms with Crippen molar-refractivity contribution in [2.24, 2.45) is 0 Å². The molecule has 0 aliphatic carbocycles. The van der Waals surface area contributed by atoms with E-state index in [2.05, 4.69) is 26.4 Å². The van der Waals surface area contributed by atoms with Crippen LogP contribution in [0.3, 0.4) is 0 Å². The molecule has 3 rings (SSSR count). The number of benzene rings is 1. The van der Waals surface area contributed by atoms with Crippen LogP contribution >= 0.6 is 15.9 Å². The van der Waals surface area contributed by atoms with Crippen LogP contribution in [-0.4, -0.2) is 36.4 Å².